The number of rotatable bonds is 6. The molecule has 0 aliphatic heterocycles. The number of hydrogen-bond donors (Lipinski definition) is 3. The molecular weight excluding hydrogens is 410 g/mol. The molecule has 0 fully saturated rings. The van der Waals surface area contributed by atoms with Gasteiger partial charge in [0.1, 0.15) is 5.82 Å². The van der Waals surface area contributed by atoms with Gasteiger partial charge in [-0.3, -0.25) is 4.99 Å². The van der Waals surface area contributed by atoms with E-state index in [2.05, 4.69) is 20.3 Å². The van der Waals surface area contributed by atoms with Crippen LogP contribution < -0.4 is 15.4 Å². The molecule has 21 heavy (non-hydrogen) atoms. The van der Waals surface area contributed by atoms with E-state index in [0.717, 1.165) is 11.8 Å². The lowest BCUT2D eigenvalue weighted by Crippen LogP contribution is -2.41. The Labute approximate surface area is 141 Å². The van der Waals surface area contributed by atoms with Crippen molar-refractivity contribution in [1.29, 1.82) is 0 Å². The molecule has 0 unspecified atom stereocenters. The van der Waals surface area contributed by atoms with E-state index in [1.807, 2.05) is 0 Å². The molecule has 0 bridgehead atoms. The molecule has 0 amide bonds. The summed E-state index contributed by atoms with van der Waals surface area (Å²) in [6.45, 7) is 1.09. The Hall–Kier alpha value is -0.940. The van der Waals surface area contributed by atoms with Gasteiger partial charge in [0.25, 0.3) is 0 Å². The number of guanidine groups is 1. The Balaban J connectivity index is 0.00000400. The van der Waals surface area contributed by atoms with Crippen molar-refractivity contribution in [2.45, 2.75) is 6.54 Å². The maximum Gasteiger partial charge on any atom is 0.208 e. The minimum absolute atomic E-state index is 0. The summed E-state index contributed by atoms with van der Waals surface area (Å²) >= 11 is 0. The van der Waals surface area contributed by atoms with E-state index in [1.165, 1.54) is 12.1 Å². The normalized spacial score (nSPS) is 11.7. The van der Waals surface area contributed by atoms with Crippen LogP contribution in [0.1, 0.15) is 5.56 Å². The van der Waals surface area contributed by atoms with E-state index in [9.17, 15) is 12.8 Å². The van der Waals surface area contributed by atoms with Gasteiger partial charge in [-0.15, -0.1) is 24.0 Å². The molecule has 0 aromatic heterocycles. The Morgan fingerprint density at radius 2 is 2.00 bits per heavy atom. The average Bonchev–Trinajstić information content (AvgIpc) is 2.37. The summed E-state index contributed by atoms with van der Waals surface area (Å²) in [4.78, 5) is 3.98. The van der Waals surface area contributed by atoms with Crippen LogP contribution in [0.2, 0.25) is 0 Å². The van der Waals surface area contributed by atoms with E-state index in [4.69, 9.17) is 0 Å². The Morgan fingerprint density at radius 1 is 1.29 bits per heavy atom. The first-order valence-corrected chi connectivity index (χ1v) is 7.93. The minimum atomic E-state index is -3.18. The zero-order chi connectivity index (χ0) is 15.0. The molecule has 0 aliphatic carbocycles. The van der Waals surface area contributed by atoms with Crippen molar-refractivity contribution in [3.63, 3.8) is 0 Å². The maximum atomic E-state index is 13.0. The van der Waals surface area contributed by atoms with Gasteiger partial charge >= 0.3 is 0 Å². The molecule has 0 saturated heterocycles. The van der Waals surface area contributed by atoms with E-state index >= 15 is 0 Å². The molecule has 120 valence electrons. The Bertz CT molecular complexity index is 566. The molecule has 0 aliphatic rings. The van der Waals surface area contributed by atoms with Gasteiger partial charge in [-0.1, -0.05) is 12.1 Å². The fraction of sp³-hybridized carbons (Fsp3) is 0.417. The third kappa shape index (κ3) is 9.58. The summed E-state index contributed by atoms with van der Waals surface area (Å²) in [6.07, 6.45) is 1.10. The lowest BCUT2D eigenvalue weighted by molar-refractivity contribution is 0.586. The molecule has 0 radical (unpaired) electrons. The molecule has 1 aromatic rings. The largest absolute Gasteiger partial charge is 0.355 e. The Morgan fingerprint density at radius 3 is 2.57 bits per heavy atom. The zero-order valence-corrected chi connectivity index (χ0v) is 15.0. The van der Waals surface area contributed by atoms with Crippen molar-refractivity contribution < 1.29 is 12.8 Å². The first-order valence-electron chi connectivity index (χ1n) is 6.04. The molecule has 0 atom stereocenters. The minimum Gasteiger partial charge on any atom is -0.355 e. The van der Waals surface area contributed by atoms with Gasteiger partial charge in [0.15, 0.2) is 5.96 Å². The van der Waals surface area contributed by atoms with E-state index in [-0.39, 0.29) is 36.3 Å². The van der Waals surface area contributed by atoms with E-state index in [0.29, 0.717) is 19.0 Å². The second-order valence-corrected chi connectivity index (χ2v) is 5.98. The quantitative estimate of drug-likeness (QED) is 0.268. The molecule has 3 N–H and O–H groups in total. The summed E-state index contributed by atoms with van der Waals surface area (Å²) in [6, 6.07) is 6.26. The summed E-state index contributed by atoms with van der Waals surface area (Å²) in [5.41, 5.74) is 0.794. The van der Waals surface area contributed by atoms with Crippen LogP contribution in [0, 0.1) is 5.82 Å². The van der Waals surface area contributed by atoms with Crippen molar-refractivity contribution >= 4 is 40.0 Å². The van der Waals surface area contributed by atoms with Gasteiger partial charge in [0.2, 0.25) is 10.0 Å². The van der Waals surface area contributed by atoms with Crippen molar-refractivity contribution in [1.82, 2.24) is 15.4 Å². The summed E-state index contributed by atoms with van der Waals surface area (Å²) in [7, 11) is -1.58. The molecule has 0 saturated carbocycles. The van der Waals surface area contributed by atoms with Crippen LogP contribution in [-0.4, -0.2) is 40.8 Å². The molecule has 1 rings (SSSR count). The number of sulfonamides is 1. The van der Waals surface area contributed by atoms with Crippen LogP contribution in [0.3, 0.4) is 0 Å². The van der Waals surface area contributed by atoms with Crippen molar-refractivity contribution in [2.75, 3.05) is 26.4 Å². The smallest absolute Gasteiger partial charge is 0.208 e. The average molecular weight is 430 g/mol. The van der Waals surface area contributed by atoms with Gasteiger partial charge in [-0.25, -0.2) is 17.5 Å². The number of benzene rings is 1. The molecule has 1 aromatic carbocycles. The standard InChI is InChI=1S/C12H19FN4O2S.HI/c1-14-12(15-6-7-17-20(2,18)19)16-9-10-4-3-5-11(13)8-10;/h3-5,8,17H,6-7,9H2,1-2H3,(H2,14,15,16);1H. The molecule has 9 heteroatoms. The highest BCUT2D eigenvalue weighted by Crippen LogP contribution is 2.02. The second-order valence-electron chi connectivity index (χ2n) is 4.15. The molecule has 0 heterocycles. The number of aliphatic imine (C=N–C) groups is 1. The van der Waals surface area contributed by atoms with Gasteiger partial charge in [-0.05, 0) is 17.7 Å². The predicted molar refractivity (Wildman–Crippen MR) is 92.9 cm³/mol. The summed E-state index contributed by atoms with van der Waals surface area (Å²) in [5.74, 6) is 0.231. The van der Waals surface area contributed by atoms with Gasteiger partial charge in [-0.2, -0.15) is 0 Å². The fourth-order valence-electron chi connectivity index (χ4n) is 1.47. The number of nitrogens with one attached hydrogen (secondary N) is 3. The topological polar surface area (TPSA) is 82.6 Å². The fourth-order valence-corrected chi connectivity index (χ4v) is 1.94. The highest BCUT2D eigenvalue weighted by atomic mass is 127. The number of hydrogen-bond acceptors (Lipinski definition) is 3. The highest BCUT2D eigenvalue weighted by Gasteiger charge is 2.01. The van der Waals surface area contributed by atoms with E-state index in [1.54, 1.807) is 19.2 Å². The number of nitrogens with zero attached hydrogens (tertiary/aromatic N) is 1. The molecule has 6 nitrogen and oxygen atoms in total. The Kier molecular flexibility index (Phi) is 9.46. The molecule has 0 spiro atoms. The first-order chi connectivity index (χ1) is 9.40. The zero-order valence-electron chi connectivity index (χ0n) is 11.9. The van der Waals surface area contributed by atoms with Crippen molar-refractivity contribution in [2.24, 2.45) is 4.99 Å². The number of halogens is 2. The SMILES string of the molecule is CN=C(NCCNS(C)(=O)=O)NCc1cccc(F)c1.I. The van der Waals surface area contributed by atoms with Crippen LogP contribution in [0.5, 0.6) is 0 Å². The van der Waals surface area contributed by atoms with Crippen LogP contribution in [0.4, 0.5) is 4.39 Å². The van der Waals surface area contributed by atoms with Gasteiger partial charge in [0, 0.05) is 26.7 Å². The summed E-state index contributed by atoms with van der Waals surface area (Å²) in [5, 5.41) is 5.95. The van der Waals surface area contributed by atoms with Crippen LogP contribution >= 0.6 is 24.0 Å². The van der Waals surface area contributed by atoms with E-state index < -0.39 is 10.0 Å². The lowest BCUT2D eigenvalue weighted by Gasteiger charge is -2.12. The monoisotopic (exact) mass is 430 g/mol. The van der Waals surface area contributed by atoms with Gasteiger partial charge < -0.3 is 10.6 Å². The summed E-state index contributed by atoms with van der Waals surface area (Å²) < 4.78 is 37.1. The first kappa shape index (κ1) is 20.1. The third-order valence-electron chi connectivity index (χ3n) is 2.35. The van der Waals surface area contributed by atoms with Crippen LogP contribution in [0.25, 0.3) is 0 Å². The van der Waals surface area contributed by atoms with Gasteiger partial charge in [0.05, 0.1) is 6.26 Å². The predicted octanol–water partition coefficient (Wildman–Crippen LogP) is 0.658. The second kappa shape index (κ2) is 9.90. The highest BCUT2D eigenvalue weighted by molar-refractivity contribution is 14.0. The maximum absolute atomic E-state index is 13.0. The third-order valence-corrected chi connectivity index (χ3v) is 3.08. The molecular formula is C12H20FIN4O2S. The van der Waals surface area contributed by atoms with Crippen molar-refractivity contribution in [3.05, 3.63) is 35.6 Å². The van der Waals surface area contributed by atoms with Crippen LogP contribution in [-0.2, 0) is 16.6 Å². The lowest BCUT2D eigenvalue weighted by atomic mass is 10.2. The van der Waals surface area contributed by atoms with Crippen LogP contribution in [0.15, 0.2) is 29.3 Å². The van der Waals surface area contributed by atoms with Crippen molar-refractivity contribution in [3.8, 4) is 0 Å².